The lowest BCUT2D eigenvalue weighted by atomic mass is 10.2. The summed E-state index contributed by atoms with van der Waals surface area (Å²) in [5.74, 6) is -11.0. The molecular formula is C7H11F3O6S2. The van der Waals surface area contributed by atoms with Crippen LogP contribution in [0.1, 0.15) is 6.92 Å². The Morgan fingerprint density at radius 1 is 1.39 bits per heavy atom. The minimum absolute atomic E-state index is 0.0773. The standard InChI is InChI=1S/C7H11F3O6S2/c1-5(2-8)14-6(9,3-17-16-11)7(10,15-5)4-18(12)13/h11H,2-4H2,1H3,(H,12,13). The van der Waals surface area contributed by atoms with E-state index in [4.69, 9.17) is 9.81 Å². The summed E-state index contributed by atoms with van der Waals surface area (Å²) in [4.78, 5) is 0. The molecule has 0 radical (unpaired) electrons. The third-order valence-corrected chi connectivity index (χ3v) is 3.37. The first kappa shape index (κ1) is 16.1. The van der Waals surface area contributed by atoms with Crippen LogP contribution in [-0.2, 0) is 24.9 Å². The van der Waals surface area contributed by atoms with Crippen molar-refractivity contribution in [2.24, 2.45) is 0 Å². The smallest absolute Gasteiger partial charge is 0.286 e. The van der Waals surface area contributed by atoms with Crippen molar-refractivity contribution in [2.45, 2.75) is 24.4 Å². The number of alkyl halides is 3. The van der Waals surface area contributed by atoms with E-state index < -0.39 is 46.8 Å². The number of rotatable bonds is 6. The molecule has 0 aromatic heterocycles. The SMILES string of the molecule is CC1(CF)OC(F)(CSOO)C(F)(CS(=O)O)O1. The van der Waals surface area contributed by atoms with E-state index in [1.165, 1.54) is 0 Å². The van der Waals surface area contributed by atoms with Crippen LogP contribution in [0.2, 0.25) is 0 Å². The second-order valence-corrected chi connectivity index (χ2v) is 5.34. The first-order valence-corrected chi connectivity index (χ1v) is 6.73. The second kappa shape index (κ2) is 5.61. The van der Waals surface area contributed by atoms with Crippen LogP contribution >= 0.6 is 12.0 Å². The van der Waals surface area contributed by atoms with Crippen molar-refractivity contribution in [3.05, 3.63) is 0 Å². The maximum atomic E-state index is 14.2. The Balaban J connectivity index is 2.99. The summed E-state index contributed by atoms with van der Waals surface area (Å²) >= 11 is -2.66. The van der Waals surface area contributed by atoms with E-state index in [1.807, 2.05) is 0 Å². The van der Waals surface area contributed by atoms with Crippen LogP contribution in [-0.4, -0.2) is 49.7 Å². The molecule has 1 fully saturated rings. The molecule has 108 valence electrons. The number of ether oxygens (including phenoxy) is 2. The van der Waals surface area contributed by atoms with Crippen molar-refractivity contribution in [3.8, 4) is 0 Å². The molecule has 0 aromatic carbocycles. The Labute approximate surface area is 107 Å². The normalized spacial score (nSPS) is 42.1. The highest BCUT2D eigenvalue weighted by atomic mass is 32.2. The lowest BCUT2D eigenvalue weighted by molar-refractivity contribution is -0.210. The molecular weight excluding hydrogens is 301 g/mol. The van der Waals surface area contributed by atoms with Crippen LogP contribution in [0.3, 0.4) is 0 Å². The Morgan fingerprint density at radius 2 is 1.94 bits per heavy atom. The number of hydrogen-bond donors (Lipinski definition) is 2. The number of hydrogen-bond acceptors (Lipinski definition) is 6. The molecule has 0 bridgehead atoms. The van der Waals surface area contributed by atoms with E-state index in [1.54, 1.807) is 0 Å². The molecule has 0 spiro atoms. The quantitative estimate of drug-likeness (QED) is 0.332. The minimum Gasteiger partial charge on any atom is -0.306 e. The van der Waals surface area contributed by atoms with Crippen molar-refractivity contribution in [1.82, 2.24) is 0 Å². The summed E-state index contributed by atoms with van der Waals surface area (Å²) in [6.07, 6.45) is 0. The average molecular weight is 312 g/mol. The molecule has 0 aliphatic carbocycles. The largest absolute Gasteiger partial charge is 0.306 e. The van der Waals surface area contributed by atoms with Gasteiger partial charge in [-0.15, -0.1) is 0 Å². The van der Waals surface area contributed by atoms with Gasteiger partial charge in [-0.2, -0.15) is 4.33 Å². The van der Waals surface area contributed by atoms with Gasteiger partial charge in [-0.1, -0.05) is 0 Å². The highest BCUT2D eigenvalue weighted by Gasteiger charge is 2.68. The predicted molar refractivity (Wildman–Crippen MR) is 56.0 cm³/mol. The zero-order valence-electron chi connectivity index (χ0n) is 9.10. The summed E-state index contributed by atoms with van der Waals surface area (Å²) < 4.78 is 72.8. The molecule has 1 aliphatic rings. The van der Waals surface area contributed by atoms with E-state index in [2.05, 4.69) is 13.8 Å². The molecule has 18 heavy (non-hydrogen) atoms. The van der Waals surface area contributed by atoms with Gasteiger partial charge >= 0.3 is 0 Å². The van der Waals surface area contributed by atoms with Crippen LogP contribution < -0.4 is 0 Å². The van der Waals surface area contributed by atoms with Crippen LogP contribution in [0.15, 0.2) is 0 Å². The Kier molecular flexibility index (Phi) is 5.03. The van der Waals surface area contributed by atoms with Gasteiger partial charge < -0.3 is 14.0 Å². The van der Waals surface area contributed by atoms with E-state index in [9.17, 15) is 17.4 Å². The fourth-order valence-corrected chi connectivity index (χ4v) is 2.52. The van der Waals surface area contributed by atoms with E-state index >= 15 is 0 Å². The molecule has 1 rings (SSSR count). The zero-order valence-corrected chi connectivity index (χ0v) is 10.7. The summed E-state index contributed by atoms with van der Waals surface area (Å²) in [5.41, 5.74) is 0. The number of halogens is 3. The monoisotopic (exact) mass is 312 g/mol. The van der Waals surface area contributed by atoms with Gasteiger partial charge in [-0.25, -0.2) is 22.6 Å². The average Bonchev–Trinajstić information content (AvgIpc) is 2.43. The first-order chi connectivity index (χ1) is 8.20. The molecule has 2 N–H and O–H groups in total. The summed E-state index contributed by atoms with van der Waals surface area (Å²) in [7, 11) is 0. The maximum absolute atomic E-state index is 14.2. The third kappa shape index (κ3) is 3.15. The van der Waals surface area contributed by atoms with Gasteiger partial charge in [0.15, 0.2) is 11.1 Å². The fourth-order valence-electron chi connectivity index (χ4n) is 1.45. The van der Waals surface area contributed by atoms with Crippen molar-refractivity contribution in [2.75, 3.05) is 18.2 Å². The highest BCUT2D eigenvalue weighted by molar-refractivity contribution is 7.94. The lowest BCUT2D eigenvalue weighted by Gasteiger charge is -2.27. The molecule has 11 heteroatoms. The Hall–Kier alpha value is 0.0900. The molecule has 0 amide bonds. The van der Waals surface area contributed by atoms with Gasteiger partial charge in [0.05, 0.1) is 5.75 Å². The Bertz CT molecular complexity index is 336. The van der Waals surface area contributed by atoms with Gasteiger partial charge in [0, 0.05) is 12.0 Å². The summed E-state index contributed by atoms with van der Waals surface area (Å²) in [5, 5.41) is 8.07. The second-order valence-electron chi connectivity index (χ2n) is 3.73. The predicted octanol–water partition coefficient (Wildman–Crippen LogP) is 1.41. The van der Waals surface area contributed by atoms with Crippen LogP contribution in [0.5, 0.6) is 0 Å². The van der Waals surface area contributed by atoms with E-state index in [0.717, 1.165) is 6.92 Å². The van der Waals surface area contributed by atoms with E-state index in [0.29, 0.717) is 0 Å². The van der Waals surface area contributed by atoms with Crippen molar-refractivity contribution < 1.29 is 41.0 Å². The molecule has 1 saturated heterocycles. The van der Waals surface area contributed by atoms with Gasteiger partial charge in [0.1, 0.15) is 12.4 Å². The summed E-state index contributed by atoms with van der Waals surface area (Å²) in [6.45, 7) is -0.430. The van der Waals surface area contributed by atoms with Crippen molar-refractivity contribution in [1.29, 1.82) is 0 Å². The lowest BCUT2D eigenvalue weighted by Crippen LogP contribution is -2.50. The van der Waals surface area contributed by atoms with Gasteiger partial charge in [-0.05, 0) is 6.92 Å². The van der Waals surface area contributed by atoms with E-state index in [-0.39, 0.29) is 12.0 Å². The molecule has 0 saturated carbocycles. The molecule has 4 unspecified atom stereocenters. The molecule has 4 atom stereocenters. The molecule has 6 nitrogen and oxygen atoms in total. The topological polar surface area (TPSA) is 85.2 Å². The fraction of sp³-hybridized carbons (Fsp3) is 1.00. The summed E-state index contributed by atoms with van der Waals surface area (Å²) in [6, 6.07) is 0. The Morgan fingerprint density at radius 3 is 2.39 bits per heavy atom. The molecule has 1 aliphatic heterocycles. The first-order valence-electron chi connectivity index (χ1n) is 4.55. The van der Waals surface area contributed by atoms with Gasteiger partial charge in [-0.3, -0.25) is 0 Å². The van der Waals surface area contributed by atoms with Crippen LogP contribution in [0.4, 0.5) is 13.2 Å². The van der Waals surface area contributed by atoms with Crippen LogP contribution in [0.25, 0.3) is 0 Å². The maximum Gasteiger partial charge on any atom is 0.286 e. The van der Waals surface area contributed by atoms with Crippen molar-refractivity contribution in [3.63, 3.8) is 0 Å². The van der Waals surface area contributed by atoms with Crippen LogP contribution in [0, 0.1) is 0 Å². The highest BCUT2D eigenvalue weighted by Crippen LogP contribution is 2.48. The molecule has 0 aromatic rings. The van der Waals surface area contributed by atoms with Crippen molar-refractivity contribution >= 4 is 23.1 Å². The minimum atomic E-state index is -3.33. The van der Waals surface area contributed by atoms with Gasteiger partial charge in [0.25, 0.3) is 11.7 Å². The van der Waals surface area contributed by atoms with Gasteiger partial charge in [0.2, 0.25) is 5.79 Å². The zero-order chi connectivity index (χ0) is 14.0. The molecule has 1 heterocycles. The third-order valence-electron chi connectivity index (χ3n) is 2.16.